The number of hydrogen-bond acceptors (Lipinski definition) is 3. The third-order valence-corrected chi connectivity index (χ3v) is 5.13. The fraction of sp³-hybridized carbons (Fsp3) is 0.143. The van der Waals surface area contributed by atoms with Crippen LogP contribution >= 0.6 is 0 Å². The third kappa shape index (κ3) is 3.85. The summed E-state index contributed by atoms with van der Waals surface area (Å²) in [6.07, 6.45) is -0.649. The molecule has 0 saturated carbocycles. The molecule has 5 heteroatoms. The molecule has 0 aliphatic heterocycles. The van der Waals surface area contributed by atoms with Gasteiger partial charge < -0.3 is 5.11 Å². The van der Waals surface area contributed by atoms with Gasteiger partial charge in [-0.05, 0) is 40.8 Å². The molecule has 2 N–H and O–H groups in total. The standard InChI is InChI=1S/C21H20O4S/c1-15(22)14-19-20(26(23,24)25)13-12-18(16-8-4-2-5-9-16)21(19)17-10-6-3-7-11-17/h2-13,15,22H,14H2,1H3,(H,23,24,25). The summed E-state index contributed by atoms with van der Waals surface area (Å²) in [6.45, 7) is 1.59. The van der Waals surface area contributed by atoms with Crippen molar-refractivity contribution in [2.75, 3.05) is 0 Å². The van der Waals surface area contributed by atoms with E-state index in [2.05, 4.69) is 0 Å². The Morgan fingerprint density at radius 1 is 0.846 bits per heavy atom. The van der Waals surface area contributed by atoms with Gasteiger partial charge in [-0.3, -0.25) is 4.55 Å². The van der Waals surface area contributed by atoms with E-state index in [-0.39, 0.29) is 11.3 Å². The molecule has 1 unspecified atom stereocenters. The van der Waals surface area contributed by atoms with Crippen LogP contribution in [0.3, 0.4) is 0 Å². The van der Waals surface area contributed by atoms with Gasteiger partial charge in [0.15, 0.2) is 0 Å². The minimum Gasteiger partial charge on any atom is -0.393 e. The van der Waals surface area contributed by atoms with Crippen molar-refractivity contribution in [2.24, 2.45) is 0 Å². The van der Waals surface area contributed by atoms with Gasteiger partial charge in [0, 0.05) is 6.42 Å². The minimum atomic E-state index is -4.42. The second-order valence-corrected chi connectivity index (χ2v) is 7.62. The molecule has 0 bridgehead atoms. The third-order valence-electron chi connectivity index (χ3n) is 4.19. The molecule has 0 spiro atoms. The molecule has 0 heterocycles. The van der Waals surface area contributed by atoms with Gasteiger partial charge in [0.05, 0.1) is 11.0 Å². The molecule has 3 aromatic carbocycles. The number of hydrogen-bond donors (Lipinski definition) is 2. The fourth-order valence-electron chi connectivity index (χ4n) is 3.16. The highest BCUT2D eigenvalue weighted by atomic mass is 32.2. The maximum atomic E-state index is 11.9. The highest BCUT2D eigenvalue weighted by molar-refractivity contribution is 7.85. The van der Waals surface area contributed by atoms with Crippen molar-refractivity contribution < 1.29 is 18.1 Å². The van der Waals surface area contributed by atoms with Crippen molar-refractivity contribution in [1.29, 1.82) is 0 Å². The predicted molar refractivity (Wildman–Crippen MR) is 103 cm³/mol. The summed E-state index contributed by atoms with van der Waals surface area (Å²) >= 11 is 0. The first-order valence-electron chi connectivity index (χ1n) is 8.30. The van der Waals surface area contributed by atoms with E-state index >= 15 is 0 Å². The SMILES string of the molecule is CC(O)Cc1c(S(=O)(=O)O)ccc(-c2ccccc2)c1-c1ccccc1. The van der Waals surface area contributed by atoms with Crippen LogP contribution in [0.4, 0.5) is 0 Å². The van der Waals surface area contributed by atoms with Crippen LogP contribution in [0.25, 0.3) is 22.3 Å². The zero-order valence-electron chi connectivity index (χ0n) is 14.3. The van der Waals surface area contributed by atoms with E-state index in [1.165, 1.54) is 6.07 Å². The van der Waals surface area contributed by atoms with Crippen LogP contribution in [0.2, 0.25) is 0 Å². The second-order valence-electron chi connectivity index (χ2n) is 6.23. The van der Waals surface area contributed by atoms with E-state index in [4.69, 9.17) is 0 Å². The Labute approximate surface area is 153 Å². The molecule has 3 aromatic rings. The van der Waals surface area contributed by atoms with Crippen molar-refractivity contribution >= 4 is 10.1 Å². The molecular weight excluding hydrogens is 348 g/mol. The molecule has 1 atom stereocenters. The van der Waals surface area contributed by atoms with Crippen molar-refractivity contribution in [3.63, 3.8) is 0 Å². The van der Waals surface area contributed by atoms with Crippen LogP contribution in [0, 0.1) is 0 Å². The highest BCUT2D eigenvalue weighted by Crippen LogP contribution is 2.38. The largest absolute Gasteiger partial charge is 0.393 e. The normalized spacial score (nSPS) is 12.7. The van der Waals surface area contributed by atoms with E-state index in [9.17, 15) is 18.1 Å². The molecule has 0 aliphatic rings. The van der Waals surface area contributed by atoms with E-state index < -0.39 is 16.2 Å². The maximum absolute atomic E-state index is 11.9. The van der Waals surface area contributed by atoms with Crippen molar-refractivity contribution in [3.8, 4) is 22.3 Å². The number of aliphatic hydroxyl groups excluding tert-OH is 1. The first-order chi connectivity index (χ1) is 12.4. The Kier molecular flexibility index (Phi) is 5.23. The first-order valence-corrected chi connectivity index (χ1v) is 9.74. The molecule has 0 fully saturated rings. The van der Waals surface area contributed by atoms with E-state index in [1.54, 1.807) is 13.0 Å². The van der Waals surface area contributed by atoms with Gasteiger partial charge >= 0.3 is 0 Å². The summed E-state index contributed by atoms with van der Waals surface area (Å²) in [5.41, 5.74) is 3.72. The van der Waals surface area contributed by atoms with Gasteiger partial charge in [-0.1, -0.05) is 66.7 Å². The smallest absolute Gasteiger partial charge is 0.294 e. The lowest BCUT2D eigenvalue weighted by molar-refractivity contribution is 0.195. The number of aliphatic hydroxyl groups is 1. The average molecular weight is 368 g/mol. The Morgan fingerprint density at radius 3 is 1.88 bits per heavy atom. The van der Waals surface area contributed by atoms with Crippen molar-refractivity contribution in [3.05, 3.63) is 78.4 Å². The molecule has 0 radical (unpaired) electrons. The average Bonchev–Trinajstić information content (AvgIpc) is 2.61. The van der Waals surface area contributed by atoms with Crippen LogP contribution in [0.5, 0.6) is 0 Å². The monoisotopic (exact) mass is 368 g/mol. The van der Waals surface area contributed by atoms with Crippen molar-refractivity contribution in [1.82, 2.24) is 0 Å². The van der Waals surface area contributed by atoms with Gasteiger partial charge in [-0.15, -0.1) is 0 Å². The molecule has 0 aliphatic carbocycles. The molecule has 0 aromatic heterocycles. The minimum absolute atomic E-state index is 0.111. The van der Waals surface area contributed by atoms with Crippen LogP contribution in [0.15, 0.2) is 77.7 Å². The lowest BCUT2D eigenvalue weighted by Crippen LogP contribution is -2.12. The second kappa shape index (κ2) is 7.41. The molecule has 0 saturated heterocycles. The van der Waals surface area contributed by atoms with Crippen LogP contribution in [0.1, 0.15) is 12.5 Å². The summed E-state index contributed by atoms with van der Waals surface area (Å²) in [6, 6.07) is 22.1. The summed E-state index contributed by atoms with van der Waals surface area (Å²) < 4.78 is 33.6. The van der Waals surface area contributed by atoms with Crippen LogP contribution < -0.4 is 0 Å². The zero-order valence-corrected chi connectivity index (χ0v) is 15.1. The molecular formula is C21H20O4S. The Morgan fingerprint density at radius 2 is 1.38 bits per heavy atom. The van der Waals surface area contributed by atoms with E-state index in [0.717, 1.165) is 16.7 Å². The summed E-state index contributed by atoms with van der Waals surface area (Å²) in [5.74, 6) is 0. The number of benzene rings is 3. The fourth-order valence-corrected chi connectivity index (χ4v) is 3.90. The van der Waals surface area contributed by atoms with E-state index in [0.29, 0.717) is 11.1 Å². The highest BCUT2D eigenvalue weighted by Gasteiger charge is 2.23. The van der Waals surface area contributed by atoms with E-state index in [1.807, 2.05) is 60.7 Å². The lowest BCUT2D eigenvalue weighted by Gasteiger charge is -2.19. The van der Waals surface area contributed by atoms with Gasteiger partial charge in [0.25, 0.3) is 10.1 Å². The number of rotatable bonds is 5. The Balaban J connectivity index is 2.40. The molecule has 4 nitrogen and oxygen atoms in total. The maximum Gasteiger partial charge on any atom is 0.294 e. The molecule has 134 valence electrons. The summed E-state index contributed by atoms with van der Waals surface area (Å²) in [7, 11) is -4.42. The van der Waals surface area contributed by atoms with Gasteiger partial charge in [-0.2, -0.15) is 8.42 Å². The van der Waals surface area contributed by atoms with Crippen LogP contribution in [-0.4, -0.2) is 24.2 Å². The topological polar surface area (TPSA) is 74.6 Å². The predicted octanol–water partition coefficient (Wildman–Crippen LogP) is 4.19. The van der Waals surface area contributed by atoms with Gasteiger partial charge in [0.1, 0.15) is 0 Å². The summed E-state index contributed by atoms with van der Waals surface area (Å²) in [5, 5.41) is 9.95. The van der Waals surface area contributed by atoms with Crippen LogP contribution in [-0.2, 0) is 16.5 Å². The molecule has 26 heavy (non-hydrogen) atoms. The van der Waals surface area contributed by atoms with Gasteiger partial charge in [-0.25, -0.2) is 0 Å². The molecule has 0 amide bonds. The first kappa shape index (κ1) is 18.3. The summed E-state index contributed by atoms with van der Waals surface area (Å²) in [4.78, 5) is -0.170. The zero-order chi connectivity index (χ0) is 18.7. The quantitative estimate of drug-likeness (QED) is 0.662. The van der Waals surface area contributed by atoms with Crippen molar-refractivity contribution in [2.45, 2.75) is 24.3 Å². The Bertz CT molecular complexity index is 995. The lowest BCUT2D eigenvalue weighted by atomic mass is 9.88. The Hall–Kier alpha value is -2.47. The van der Waals surface area contributed by atoms with Gasteiger partial charge in [0.2, 0.25) is 0 Å². The molecule has 3 rings (SSSR count).